The molecule has 0 radical (unpaired) electrons. The monoisotopic (exact) mass is 341 g/mol. The van der Waals surface area contributed by atoms with Crippen molar-refractivity contribution < 1.29 is 19.0 Å². The molecule has 2 aromatic rings. The average Bonchev–Trinajstić information content (AvgIpc) is 2.66. The van der Waals surface area contributed by atoms with Crippen LogP contribution in [0.1, 0.15) is 11.1 Å². The fraction of sp³-hybridized carbons (Fsp3) is 0.222. The molecule has 0 saturated heterocycles. The maximum Gasteiger partial charge on any atom is 0.319 e. The Bertz CT molecular complexity index is 799. The summed E-state index contributed by atoms with van der Waals surface area (Å²) >= 11 is 0. The molecule has 2 rings (SSSR count). The molecule has 0 bridgehead atoms. The van der Waals surface area contributed by atoms with Crippen molar-refractivity contribution in [2.24, 2.45) is 0 Å². The summed E-state index contributed by atoms with van der Waals surface area (Å²) in [7, 11) is 4.63. The first kappa shape index (κ1) is 17.9. The van der Waals surface area contributed by atoms with Gasteiger partial charge in [0, 0.05) is 24.2 Å². The van der Waals surface area contributed by atoms with E-state index in [0.29, 0.717) is 28.5 Å². The van der Waals surface area contributed by atoms with Crippen LogP contribution in [0.5, 0.6) is 17.2 Å². The van der Waals surface area contributed by atoms with Gasteiger partial charge < -0.3 is 24.8 Å². The molecule has 0 fully saturated rings. The first-order chi connectivity index (χ1) is 12.1. The highest BCUT2D eigenvalue weighted by molar-refractivity contribution is 5.91. The molecule has 0 aliphatic rings. The van der Waals surface area contributed by atoms with E-state index >= 15 is 0 Å². The highest BCUT2D eigenvalue weighted by atomic mass is 16.5. The van der Waals surface area contributed by atoms with Crippen LogP contribution in [-0.4, -0.2) is 27.4 Å². The second kappa shape index (κ2) is 8.45. The highest BCUT2D eigenvalue weighted by Gasteiger charge is 2.10. The minimum Gasteiger partial charge on any atom is -0.497 e. The van der Waals surface area contributed by atoms with Crippen molar-refractivity contribution in [2.45, 2.75) is 6.54 Å². The number of hydrogen-bond acceptors (Lipinski definition) is 5. The summed E-state index contributed by atoms with van der Waals surface area (Å²) in [4.78, 5) is 12.1. The number of ether oxygens (including phenoxy) is 3. The summed E-state index contributed by atoms with van der Waals surface area (Å²) in [6, 6.07) is 11.7. The minimum absolute atomic E-state index is 0.255. The molecule has 0 aliphatic carbocycles. The Morgan fingerprint density at radius 3 is 2.36 bits per heavy atom. The van der Waals surface area contributed by atoms with Crippen molar-refractivity contribution in [3.63, 3.8) is 0 Å². The third-order valence-electron chi connectivity index (χ3n) is 3.53. The first-order valence-electron chi connectivity index (χ1n) is 7.45. The van der Waals surface area contributed by atoms with Gasteiger partial charge >= 0.3 is 6.03 Å². The van der Waals surface area contributed by atoms with Crippen molar-refractivity contribution in [3.8, 4) is 23.3 Å². The van der Waals surface area contributed by atoms with Gasteiger partial charge in [0.2, 0.25) is 0 Å². The number of methoxy groups -OCH3 is 3. The number of carbonyl (C=O) groups is 1. The van der Waals surface area contributed by atoms with Gasteiger partial charge in [-0.05, 0) is 24.3 Å². The van der Waals surface area contributed by atoms with Crippen LogP contribution in [0.15, 0.2) is 36.4 Å². The Morgan fingerprint density at radius 2 is 1.72 bits per heavy atom. The Morgan fingerprint density at radius 1 is 1.04 bits per heavy atom. The normalized spacial score (nSPS) is 9.68. The zero-order valence-electron chi connectivity index (χ0n) is 14.3. The van der Waals surface area contributed by atoms with Crippen molar-refractivity contribution in [1.82, 2.24) is 5.32 Å². The third-order valence-corrected chi connectivity index (χ3v) is 3.53. The molecule has 2 N–H and O–H groups in total. The van der Waals surface area contributed by atoms with Crippen molar-refractivity contribution in [3.05, 3.63) is 47.5 Å². The molecule has 0 heterocycles. The van der Waals surface area contributed by atoms with Gasteiger partial charge in [-0.1, -0.05) is 0 Å². The molecule has 0 atom stereocenters. The van der Waals surface area contributed by atoms with E-state index in [1.807, 2.05) is 12.1 Å². The maximum atomic E-state index is 12.1. The van der Waals surface area contributed by atoms with Gasteiger partial charge in [-0.25, -0.2) is 4.79 Å². The van der Waals surface area contributed by atoms with Gasteiger partial charge in [0.25, 0.3) is 0 Å². The number of urea groups is 1. The zero-order valence-corrected chi connectivity index (χ0v) is 14.3. The van der Waals surface area contributed by atoms with Gasteiger partial charge in [-0.3, -0.25) is 0 Å². The van der Waals surface area contributed by atoms with E-state index in [1.54, 1.807) is 44.6 Å². The molecule has 25 heavy (non-hydrogen) atoms. The lowest BCUT2D eigenvalue weighted by Crippen LogP contribution is -2.28. The van der Waals surface area contributed by atoms with Crippen LogP contribution >= 0.6 is 0 Å². The SMILES string of the molecule is COc1ccc(C#N)c(NC(=O)NCc2ccc(OC)cc2OC)c1. The van der Waals surface area contributed by atoms with Gasteiger partial charge in [-0.15, -0.1) is 0 Å². The number of nitrogens with zero attached hydrogens (tertiary/aromatic N) is 1. The van der Waals surface area contributed by atoms with E-state index in [9.17, 15) is 4.79 Å². The molecule has 2 amide bonds. The van der Waals surface area contributed by atoms with Crippen molar-refractivity contribution >= 4 is 11.7 Å². The number of rotatable bonds is 6. The second-order valence-electron chi connectivity index (χ2n) is 5.01. The third kappa shape index (κ3) is 4.54. The first-order valence-corrected chi connectivity index (χ1v) is 7.45. The lowest BCUT2D eigenvalue weighted by molar-refractivity contribution is 0.251. The largest absolute Gasteiger partial charge is 0.497 e. The van der Waals surface area contributed by atoms with Crippen LogP contribution in [0.3, 0.4) is 0 Å². The lowest BCUT2D eigenvalue weighted by Gasteiger charge is -2.13. The van der Waals surface area contributed by atoms with Gasteiger partial charge in [0.15, 0.2) is 0 Å². The second-order valence-corrected chi connectivity index (χ2v) is 5.01. The number of carbonyl (C=O) groups excluding carboxylic acids is 1. The predicted octanol–water partition coefficient (Wildman–Crippen LogP) is 2.91. The number of benzene rings is 2. The molecular formula is C18H19N3O4. The van der Waals surface area contributed by atoms with E-state index in [0.717, 1.165) is 5.56 Å². The number of nitrogens with one attached hydrogen (secondary N) is 2. The molecule has 0 unspecified atom stereocenters. The molecular weight excluding hydrogens is 322 g/mol. The molecule has 0 spiro atoms. The summed E-state index contributed by atoms with van der Waals surface area (Å²) in [6.07, 6.45) is 0. The van der Waals surface area contributed by atoms with Crippen LogP contribution in [0.25, 0.3) is 0 Å². The van der Waals surface area contributed by atoms with Crippen LogP contribution in [0, 0.1) is 11.3 Å². The molecule has 7 nitrogen and oxygen atoms in total. The number of amides is 2. The summed E-state index contributed by atoms with van der Waals surface area (Å²) in [5.41, 5.74) is 1.52. The molecule has 7 heteroatoms. The van der Waals surface area contributed by atoms with Crippen LogP contribution in [0.4, 0.5) is 10.5 Å². The Hall–Kier alpha value is -3.40. The lowest BCUT2D eigenvalue weighted by atomic mass is 10.2. The zero-order chi connectivity index (χ0) is 18.2. The molecule has 2 aromatic carbocycles. The smallest absolute Gasteiger partial charge is 0.319 e. The molecule has 0 saturated carbocycles. The Balaban J connectivity index is 2.06. The van der Waals surface area contributed by atoms with E-state index in [4.69, 9.17) is 19.5 Å². The van der Waals surface area contributed by atoms with E-state index in [-0.39, 0.29) is 6.54 Å². The van der Waals surface area contributed by atoms with Crippen LogP contribution in [0.2, 0.25) is 0 Å². The van der Waals surface area contributed by atoms with E-state index in [1.165, 1.54) is 7.11 Å². The summed E-state index contributed by atoms with van der Waals surface area (Å²) in [5, 5.41) is 14.5. The summed E-state index contributed by atoms with van der Waals surface area (Å²) < 4.78 is 15.5. The van der Waals surface area contributed by atoms with Gasteiger partial charge in [0.05, 0.1) is 32.6 Å². The van der Waals surface area contributed by atoms with Crippen molar-refractivity contribution in [2.75, 3.05) is 26.6 Å². The Labute approximate surface area is 146 Å². The highest BCUT2D eigenvalue weighted by Crippen LogP contribution is 2.25. The Kier molecular flexibility index (Phi) is 6.07. The van der Waals surface area contributed by atoms with Gasteiger partial charge in [0.1, 0.15) is 23.3 Å². The average molecular weight is 341 g/mol. The van der Waals surface area contributed by atoms with Crippen molar-refractivity contribution in [1.29, 1.82) is 5.26 Å². The topological polar surface area (TPSA) is 92.6 Å². The fourth-order valence-corrected chi connectivity index (χ4v) is 2.19. The molecule has 0 aromatic heterocycles. The number of nitriles is 1. The van der Waals surface area contributed by atoms with Crippen LogP contribution < -0.4 is 24.8 Å². The number of anilines is 1. The predicted molar refractivity (Wildman–Crippen MR) is 93.1 cm³/mol. The van der Waals surface area contributed by atoms with Gasteiger partial charge in [-0.2, -0.15) is 5.26 Å². The minimum atomic E-state index is -0.442. The fourth-order valence-electron chi connectivity index (χ4n) is 2.19. The molecule has 0 aliphatic heterocycles. The standard InChI is InChI=1S/C18H19N3O4/c1-23-14-6-4-12(10-19)16(8-14)21-18(22)20-11-13-5-7-15(24-2)9-17(13)25-3/h4-9H,11H2,1-3H3,(H2,20,21,22). The number of hydrogen-bond donors (Lipinski definition) is 2. The summed E-state index contributed by atoms with van der Waals surface area (Å²) in [6.45, 7) is 0.255. The maximum absolute atomic E-state index is 12.1. The van der Waals surface area contributed by atoms with Crippen LogP contribution in [-0.2, 0) is 6.54 Å². The summed E-state index contributed by atoms with van der Waals surface area (Å²) in [5.74, 6) is 1.82. The van der Waals surface area contributed by atoms with E-state index in [2.05, 4.69) is 10.6 Å². The molecule has 130 valence electrons. The van der Waals surface area contributed by atoms with E-state index < -0.39 is 6.03 Å². The quantitative estimate of drug-likeness (QED) is 0.843.